The molecule has 4 atom stereocenters. The summed E-state index contributed by atoms with van der Waals surface area (Å²) >= 11 is 0. The molecule has 3 aromatic carbocycles. The Labute approximate surface area is 312 Å². The second-order valence-electron chi connectivity index (χ2n) is 16.0. The number of ether oxygens (including phenoxy) is 1. The van der Waals surface area contributed by atoms with Gasteiger partial charge in [-0.05, 0) is 81.3 Å². The van der Waals surface area contributed by atoms with Gasteiger partial charge in [-0.1, -0.05) is 81.4 Å². The van der Waals surface area contributed by atoms with Crippen molar-refractivity contribution in [2.45, 2.75) is 112 Å². The lowest BCUT2D eigenvalue weighted by Crippen LogP contribution is -2.62. The van der Waals surface area contributed by atoms with Gasteiger partial charge >= 0.3 is 6.09 Å². The highest BCUT2D eigenvalue weighted by Crippen LogP contribution is 2.32. The highest BCUT2D eigenvalue weighted by molar-refractivity contribution is 5.95. The molecule has 1 N–H and O–H groups in total. The number of Topliss-reactive ketones (excluding diaryl/α,β-unsaturated/α-hetero) is 1. The van der Waals surface area contributed by atoms with E-state index < -0.39 is 58.9 Å². The zero-order valence-corrected chi connectivity index (χ0v) is 32.5. The zero-order valence-electron chi connectivity index (χ0n) is 32.5. The van der Waals surface area contributed by atoms with Gasteiger partial charge in [-0.15, -0.1) is 0 Å². The van der Waals surface area contributed by atoms with Crippen LogP contribution in [0.4, 0.5) is 9.18 Å². The number of carbonyl (C=O) groups is 5. The Hall–Kier alpha value is -5.06. The van der Waals surface area contributed by atoms with E-state index in [1.54, 1.807) is 73.9 Å². The zero-order chi connectivity index (χ0) is 39.4. The minimum atomic E-state index is -1.06. The number of fused-ring (bicyclic) bond motifs is 1. The van der Waals surface area contributed by atoms with E-state index in [-0.39, 0.29) is 31.2 Å². The first kappa shape index (κ1) is 40.7. The van der Waals surface area contributed by atoms with Crippen LogP contribution < -0.4 is 5.32 Å². The first-order chi connectivity index (χ1) is 24.7. The van der Waals surface area contributed by atoms with E-state index in [1.807, 2.05) is 52.0 Å². The lowest BCUT2D eigenvalue weighted by molar-refractivity contribution is -0.152. The quantitative estimate of drug-likeness (QED) is 0.228. The molecular weight excluding hydrogens is 675 g/mol. The smallest absolute Gasteiger partial charge is 0.410 e. The van der Waals surface area contributed by atoms with E-state index in [0.717, 1.165) is 16.7 Å². The molecule has 4 rings (SSSR count). The number of nitrogens with one attached hydrogen (secondary N) is 1. The van der Waals surface area contributed by atoms with Crippen LogP contribution in [-0.2, 0) is 38.6 Å². The second kappa shape index (κ2) is 16.3. The highest BCUT2D eigenvalue weighted by atomic mass is 19.1. The summed E-state index contributed by atoms with van der Waals surface area (Å²) in [4.78, 5) is 72.7. The summed E-state index contributed by atoms with van der Waals surface area (Å²) in [5, 5.41) is 2.91. The molecule has 11 heteroatoms. The normalized spacial score (nSPS) is 16.1. The third-order valence-corrected chi connectivity index (χ3v) is 9.67. The Balaban J connectivity index is 1.72. The number of hydrogen-bond donors (Lipinski definition) is 1. The fourth-order valence-corrected chi connectivity index (χ4v) is 6.28. The summed E-state index contributed by atoms with van der Waals surface area (Å²) in [7, 11) is 1.47. The predicted octanol–water partition coefficient (Wildman–Crippen LogP) is 6.86. The van der Waals surface area contributed by atoms with Crippen molar-refractivity contribution in [2.24, 2.45) is 5.41 Å². The van der Waals surface area contributed by atoms with E-state index in [9.17, 15) is 23.6 Å². The maximum atomic E-state index is 15.0. The fourth-order valence-electron chi connectivity index (χ4n) is 6.28. The molecular formula is C42H53FN4O6. The Kier molecular flexibility index (Phi) is 12.5. The van der Waals surface area contributed by atoms with Crippen LogP contribution in [0.15, 0.2) is 72.8 Å². The number of hydrogen-bond acceptors (Lipinski definition) is 6. The van der Waals surface area contributed by atoms with Gasteiger partial charge in [0.1, 0.15) is 29.5 Å². The van der Waals surface area contributed by atoms with Crippen molar-refractivity contribution >= 4 is 29.6 Å². The molecule has 0 saturated carbocycles. The SMILES string of the molecule is CC(=O)c1ccc(CN(C(=O)[C@@H]2Cc3ccccc3CN2C(=O)[C@@H](NC(=O)[C@H](C)N(C)C(=O)OC(C)(C)C)C(C)(C)C)[C@H](C)c2ccc(F)cc2)cc1. The van der Waals surface area contributed by atoms with Gasteiger partial charge in [0.25, 0.3) is 0 Å². The molecule has 1 aliphatic rings. The van der Waals surface area contributed by atoms with Crippen LogP contribution in [0.5, 0.6) is 0 Å². The second-order valence-corrected chi connectivity index (χ2v) is 16.0. The van der Waals surface area contributed by atoms with Gasteiger partial charge in [0.2, 0.25) is 17.7 Å². The number of benzene rings is 3. The summed E-state index contributed by atoms with van der Waals surface area (Å²) in [5.41, 5.74) is 2.28. The van der Waals surface area contributed by atoms with Crippen molar-refractivity contribution < 1.29 is 33.1 Å². The van der Waals surface area contributed by atoms with Crippen molar-refractivity contribution in [3.63, 3.8) is 0 Å². The van der Waals surface area contributed by atoms with Crippen LogP contribution in [0.2, 0.25) is 0 Å². The molecule has 1 heterocycles. The summed E-state index contributed by atoms with van der Waals surface area (Å²) < 4.78 is 19.4. The lowest BCUT2D eigenvalue weighted by atomic mass is 9.84. The van der Waals surface area contributed by atoms with Crippen molar-refractivity contribution in [2.75, 3.05) is 7.05 Å². The third kappa shape index (κ3) is 10.1. The summed E-state index contributed by atoms with van der Waals surface area (Å²) in [6.45, 7) is 15.9. The summed E-state index contributed by atoms with van der Waals surface area (Å²) in [6.07, 6.45) is -0.442. The van der Waals surface area contributed by atoms with Crippen LogP contribution in [-0.4, -0.2) is 75.1 Å². The molecule has 4 amide bonds. The molecule has 0 fully saturated rings. The van der Waals surface area contributed by atoms with Crippen LogP contribution >= 0.6 is 0 Å². The van der Waals surface area contributed by atoms with Gasteiger partial charge in [-0.2, -0.15) is 0 Å². The number of likely N-dealkylation sites (N-methyl/N-ethyl adjacent to an activating group) is 1. The van der Waals surface area contributed by atoms with Gasteiger partial charge in [0, 0.05) is 32.1 Å². The van der Waals surface area contributed by atoms with E-state index in [2.05, 4.69) is 5.32 Å². The van der Waals surface area contributed by atoms with Gasteiger partial charge in [0.15, 0.2) is 5.78 Å². The molecule has 284 valence electrons. The number of nitrogens with zero attached hydrogens (tertiary/aromatic N) is 3. The predicted molar refractivity (Wildman–Crippen MR) is 201 cm³/mol. The molecule has 1 aliphatic heterocycles. The lowest BCUT2D eigenvalue weighted by Gasteiger charge is -2.43. The highest BCUT2D eigenvalue weighted by Gasteiger charge is 2.44. The van der Waals surface area contributed by atoms with E-state index in [4.69, 9.17) is 4.74 Å². The number of carbonyl (C=O) groups excluding carboxylic acids is 5. The number of halogens is 1. The van der Waals surface area contributed by atoms with Crippen molar-refractivity contribution in [3.8, 4) is 0 Å². The Morgan fingerprint density at radius 1 is 0.887 bits per heavy atom. The minimum Gasteiger partial charge on any atom is -0.444 e. The monoisotopic (exact) mass is 728 g/mol. The third-order valence-electron chi connectivity index (χ3n) is 9.67. The van der Waals surface area contributed by atoms with Crippen LogP contribution in [0.25, 0.3) is 0 Å². The van der Waals surface area contributed by atoms with Crippen LogP contribution in [0.3, 0.4) is 0 Å². The average molecular weight is 729 g/mol. The maximum absolute atomic E-state index is 15.0. The summed E-state index contributed by atoms with van der Waals surface area (Å²) in [6, 6.07) is 17.2. The molecule has 3 aromatic rings. The average Bonchev–Trinajstić information content (AvgIpc) is 3.10. The van der Waals surface area contributed by atoms with E-state index >= 15 is 4.79 Å². The van der Waals surface area contributed by atoms with E-state index in [0.29, 0.717) is 11.1 Å². The molecule has 0 bridgehead atoms. The van der Waals surface area contributed by atoms with Crippen molar-refractivity contribution in [1.82, 2.24) is 20.0 Å². The number of rotatable bonds is 10. The molecule has 0 aromatic heterocycles. The Morgan fingerprint density at radius 3 is 2.02 bits per heavy atom. The minimum absolute atomic E-state index is 0.0782. The van der Waals surface area contributed by atoms with Crippen LogP contribution in [0.1, 0.15) is 101 Å². The first-order valence-corrected chi connectivity index (χ1v) is 18.0. The largest absolute Gasteiger partial charge is 0.444 e. The van der Waals surface area contributed by atoms with Gasteiger partial charge in [-0.25, -0.2) is 9.18 Å². The molecule has 0 unspecified atom stereocenters. The Bertz CT molecular complexity index is 1810. The fraction of sp³-hybridized carbons (Fsp3) is 0.452. The van der Waals surface area contributed by atoms with Gasteiger partial charge in [0.05, 0.1) is 6.04 Å². The van der Waals surface area contributed by atoms with Gasteiger partial charge < -0.3 is 19.9 Å². The van der Waals surface area contributed by atoms with Crippen LogP contribution in [0, 0.1) is 11.2 Å². The molecule has 53 heavy (non-hydrogen) atoms. The molecule has 0 spiro atoms. The Morgan fingerprint density at radius 2 is 1.47 bits per heavy atom. The van der Waals surface area contributed by atoms with Crippen molar-refractivity contribution in [3.05, 3.63) is 106 Å². The molecule has 0 radical (unpaired) electrons. The molecule has 0 aliphatic carbocycles. The first-order valence-electron chi connectivity index (χ1n) is 18.0. The van der Waals surface area contributed by atoms with Crippen molar-refractivity contribution in [1.29, 1.82) is 0 Å². The molecule has 10 nitrogen and oxygen atoms in total. The topological polar surface area (TPSA) is 116 Å². The summed E-state index contributed by atoms with van der Waals surface area (Å²) in [5.74, 6) is -1.79. The number of ketones is 1. The molecule has 0 saturated heterocycles. The number of amides is 4. The van der Waals surface area contributed by atoms with Gasteiger partial charge in [-0.3, -0.25) is 24.1 Å². The maximum Gasteiger partial charge on any atom is 0.410 e. The standard InChI is InChI=1S/C42H53FN4O6/c1-26(30-19-21-34(43)22-20-30)46(24-29-15-17-31(18-16-29)28(3)48)38(50)35-23-32-13-11-12-14-33(32)25-47(35)39(51)36(41(4,5)6)44-37(49)27(2)45(10)40(52)53-42(7,8)9/h11-22,26-27,35-36H,23-25H2,1-10H3,(H,44,49)/t26-,27+,35+,36-/m1/s1. The van der Waals surface area contributed by atoms with E-state index in [1.165, 1.54) is 31.0 Å².